The van der Waals surface area contributed by atoms with E-state index in [0.29, 0.717) is 17.6 Å². The number of aromatic nitrogens is 7. The zero-order valence-corrected chi connectivity index (χ0v) is 51.3. The Labute approximate surface area is 545 Å². The molecule has 0 amide bonds. The molecule has 0 radical (unpaired) electrons. The van der Waals surface area contributed by atoms with Gasteiger partial charge in [-0.1, -0.05) is 237 Å². The molecule has 6 aromatic heterocycles. The van der Waals surface area contributed by atoms with E-state index in [2.05, 4.69) is 279 Å². The van der Waals surface area contributed by atoms with Gasteiger partial charge in [-0.25, -0.2) is 4.98 Å². The molecule has 14 aromatic carbocycles. The van der Waals surface area contributed by atoms with Crippen molar-refractivity contribution in [2.45, 2.75) is 0 Å². The Balaban J connectivity index is 0.000000135. The smallest absolute Gasteiger partial charge is 0.238 e. The summed E-state index contributed by atoms with van der Waals surface area (Å²) in [6.45, 7) is 0. The number of rotatable bonds is 8. The van der Waals surface area contributed by atoms with Crippen molar-refractivity contribution in [2.75, 3.05) is 0 Å². The minimum atomic E-state index is 0.586. The van der Waals surface area contributed by atoms with Crippen LogP contribution < -0.4 is 0 Å². The molecule has 0 N–H and O–H groups in total. The molecule has 0 atom stereocenters. The van der Waals surface area contributed by atoms with Crippen LogP contribution in [0.5, 0.6) is 0 Å². The molecule has 0 saturated heterocycles. The third-order valence-electron chi connectivity index (χ3n) is 18.9. The molecule has 0 aliphatic heterocycles. The summed E-state index contributed by atoms with van der Waals surface area (Å²) < 4.78 is 15.8. The lowest BCUT2D eigenvalue weighted by Crippen LogP contribution is -2.06. The third kappa shape index (κ3) is 8.65. The van der Waals surface area contributed by atoms with E-state index in [1.54, 1.807) is 0 Å². The Kier molecular flexibility index (Phi) is 12.4. The molecule has 0 saturated carbocycles. The van der Waals surface area contributed by atoms with Crippen molar-refractivity contribution in [3.05, 3.63) is 334 Å². The topological polar surface area (TPSA) is 71.5 Å². The fourth-order valence-electron chi connectivity index (χ4n) is 14.8. The molecule has 444 valence electrons. The number of hydrogen-bond acceptors (Lipinski definition) is 4. The van der Waals surface area contributed by atoms with Gasteiger partial charge in [0.05, 0.1) is 49.8 Å². The van der Waals surface area contributed by atoms with Crippen molar-refractivity contribution in [2.24, 2.45) is 0 Å². The molecular formula is C87H55N7O. The van der Waals surface area contributed by atoms with Crippen LogP contribution in [0, 0.1) is 0 Å². The van der Waals surface area contributed by atoms with Crippen LogP contribution >= 0.6 is 0 Å². The Hall–Kier alpha value is -12.9. The van der Waals surface area contributed by atoms with Gasteiger partial charge in [0.15, 0.2) is 17.2 Å². The first-order valence-corrected chi connectivity index (χ1v) is 32.2. The number of furan rings is 1. The van der Waals surface area contributed by atoms with Crippen LogP contribution in [0.15, 0.2) is 338 Å². The van der Waals surface area contributed by atoms with Crippen molar-refractivity contribution in [3.8, 4) is 68.0 Å². The zero-order valence-electron chi connectivity index (χ0n) is 51.3. The summed E-state index contributed by atoms with van der Waals surface area (Å²) in [6.07, 6.45) is 0. The number of para-hydroxylation sites is 8. The summed E-state index contributed by atoms with van der Waals surface area (Å²) in [6, 6.07) is 118. The van der Waals surface area contributed by atoms with E-state index in [9.17, 15) is 0 Å². The van der Waals surface area contributed by atoms with Crippen LogP contribution in [0.25, 0.3) is 177 Å². The van der Waals surface area contributed by atoms with Gasteiger partial charge in [-0.2, -0.15) is 9.97 Å². The second kappa shape index (κ2) is 21.9. The quantitative estimate of drug-likeness (QED) is 0.152. The van der Waals surface area contributed by atoms with Crippen molar-refractivity contribution in [3.63, 3.8) is 0 Å². The highest BCUT2D eigenvalue weighted by molar-refractivity contribution is 6.20. The van der Waals surface area contributed by atoms with Crippen molar-refractivity contribution in [1.82, 2.24) is 33.2 Å². The maximum atomic E-state index is 6.52. The van der Waals surface area contributed by atoms with E-state index in [1.807, 2.05) is 72.8 Å². The van der Waals surface area contributed by atoms with Gasteiger partial charge in [-0.15, -0.1) is 0 Å². The Bertz CT molecular complexity index is 6340. The predicted octanol–water partition coefficient (Wildman–Crippen LogP) is 22.5. The second-order valence-electron chi connectivity index (χ2n) is 24.2. The van der Waals surface area contributed by atoms with Crippen LogP contribution in [0.2, 0.25) is 0 Å². The molecule has 0 unspecified atom stereocenters. The summed E-state index contributed by atoms with van der Waals surface area (Å²) in [5, 5.41) is 12.0. The highest BCUT2D eigenvalue weighted by Crippen LogP contribution is 2.45. The lowest BCUT2D eigenvalue weighted by Gasteiger charge is -2.11. The normalized spacial score (nSPS) is 11.8. The average Bonchev–Trinajstić information content (AvgIpc) is 1.59. The van der Waals surface area contributed by atoms with Gasteiger partial charge in [0.1, 0.15) is 5.58 Å². The van der Waals surface area contributed by atoms with Gasteiger partial charge < -0.3 is 18.1 Å². The van der Waals surface area contributed by atoms with E-state index in [-0.39, 0.29) is 0 Å². The van der Waals surface area contributed by atoms with E-state index >= 15 is 0 Å². The summed E-state index contributed by atoms with van der Waals surface area (Å²) >= 11 is 0. The fraction of sp³-hybridized carbons (Fsp3) is 0. The number of benzene rings is 14. The molecule has 6 heterocycles. The molecule has 0 fully saturated rings. The Morgan fingerprint density at radius 2 is 0.611 bits per heavy atom. The van der Waals surface area contributed by atoms with E-state index in [0.717, 1.165) is 88.4 Å². The first-order chi connectivity index (χ1) is 47.2. The largest absolute Gasteiger partial charge is 0.454 e. The Morgan fingerprint density at radius 3 is 1.13 bits per heavy atom. The molecule has 8 heteroatoms. The van der Waals surface area contributed by atoms with E-state index < -0.39 is 0 Å². The van der Waals surface area contributed by atoms with E-state index in [4.69, 9.17) is 19.4 Å². The SMILES string of the molecule is c1ccc(-c2nc(-c3ccccc3)nc(-n3c4ccccc4c4c(-c5ccc6c(c5)c5ccccc5n6-c5ccccc5)cccc43)n2)cc1.c1ccc(-n2c3ccccc3c3cc(-c4cccc5c4c4ccccc4n5-c4cccc5c4oc4ccccc45)ccc32)cc1. The number of fused-ring (bicyclic) bond motifs is 15. The molecule has 0 bridgehead atoms. The standard InChI is InChI=1S/C45H29N5.C42H26N2O/c1-4-15-30(16-5-1)43-46-44(31-17-6-2-7-18-31)48-45(47-43)50-39-25-13-11-22-36(39)42-34(23-14-26-41(42)50)32-27-28-40-37(29-32)35-21-10-12-24-38(35)49(40)33-19-8-3-9-20-33;1-2-12-28(13-3-1)43-35-19-7-4-14-30(35)34-26-27(24-25-37(34)43)29-17-10-21-38-41(29)33-16-5-8-20-36(33)44(38)39-22-11-18-32-31-15-6-9-23-40(31)45-42(32)39/h1-29H;1-26H. The Morgan fingerprint density at radius 1 is 0.232 bits per heavy atom. The van der Waals surface area contributed by atoms with Gasteiger partial charge in [-0.3, -0.25) is 4.57 Å². The number of hydrogen-bond donors (Lipinski definition) is 0. The first kappa shape index (κ1) is 53.9. The monoisotopic (exact) mass is 1210 g/mol. The van der Waals surface area contributed by atoms with Crippen LogP contribution in [-0.4, -0.2) is 33.2 Å². The minimum Gasteiger partial charge on any atom is -0.454 e. The van der Waals surface area contributed by atoms with Crippen LogP contribution in [0.3, 0.4) is 0 Å². The second-order valence-corrected chi connectivity index (χ2v) is 24.2. The lowest BCUT2D eigenvalue weighted by molar-refractivity contribution is 0.666. The third-order valence-corrected chi connectivity index (χ3v) is 18.9. The van der Waals surface area contributed by atoms with Gasteiger partial charge in [0, 0.05) is 76.4 Å². The predicted molar refractivity (Wildman–Crippen MR) is 393 cm³/mol. The summed E-state index contributed by atoms with van der Waals surface area (Å²) in [7, 11) is 0. The molecule has 8 nitrogen and oxygen atoms in total. The maximum Gasteiger partial charge on any atom is 0.238 e. The summed E-state index contributed by atoms with van der Waals surface area (Å²) in [4.78, 5) is 15.2. The molecule has 20 rings (SSSR count). The molecule has 0 aliphatic carbocycles. The summed E-state index contributed by atoms with van der Waals surface area (Å²) in [5.74, 6) is 1.86. The van der Waals surface area contributed by atoms with Crippen LogP contribution in [0.4, 0.5) is 0 Å². The number of nitrogens with zero attached hydrogens (tertiary/aromatic N) is 7. The molecule has 20 aromatic rings. The minimum absolute atomic E-state index is 0.586. The highest BCUT2D eigenvalue weighted by atomic mass is 16.3. The summed E-state index contributed by atoms with van der Waals surface area (Å²) in [5.41, 5.74) is 21.0. The van der Waals surface area contributed by atoms with Crippen molar-refractivity contribution in [1.29, 1.82) is 0 Å². The highest BCUT2D eigenvalue weighted by Gasteiger charge is 2.24. The molecule has 0 aliphatic rings. The van der Waals surface area contributed by atoms with Gasteiger partial charge in [0.2, 0.25) is 5.95 Å². The van der Waals surface area contributed by atoms with E-state index in [1.165, 1.54) is 71.2 Å². The molecule has 0 spiro atoms. The zero-order chi connectivity index (χ0) is 62.5. The maximum absolute atomic E-state index is 6.52. The van der Waals surface area contributed by atoms with Gasteiger partial charge in [0.25, 0.3) is 0 Å². The van der Waals surface area contributed by atoms with Crippen LogP contribution in [-0.2, 0) is 0 Å². The average molecular weight is 1210 g/mol. The van der Waals surface area contributed by atoms with Crippen molar-refractivity contribution >= 4 is 109 Å². The van der Waals surface area contributed by atoms with Crippen molar-refractivity contribution < 1.29 is 4.42 Å². The molecule has 95 heavy (non-hydrogen) atoms. The van der Waals surface area contributed by atoms with Gasteiger partial charge in [-0.05, 0) is 119 Å². The fourth-order valence-corrected chi connectivity index (χ4v) is 14.8. The van der Waals surface area contributed by atoms with Gasteiger partial charge >= 0.3 is 0 Å². The van der Waals surface area contributed by atoms with Crippen LogP contribution in [0.1, 0.15) is 0 Å². The molecular weight excluding hydrogens is 1160 g/mol. The lowest BCUT2D eigenvalue weighted by atomic mass is 9.98. The first-order valence-electron chi connectivity index (χ1n) is 32.2.